The Morgan fingerprint density at radius 3 is 2.33 bits per heavy atom. The number of nitrogens with one attached hydrogen (secondary N) is 1. The Balaban J connectivity index is 2.48. The number of rotatable bonds is 7. The van der Waals surface area contributed by atoms with Gasteiger partial charge in [-0.1, -0.05) is 39.5 Å². The van der Waals surface area contributed by atoms with Crippen LogP contribution in [0.4, 0.5) is 0 Å². The number of unbranched alkanes of at least 4 members (excludes halogenated alkanes) is 2. The van der Waals surface area contributed by atoms with Crippen molar-refractivity contribution in [3.63, 3.8) is 0 Å². The van der Waals surface area contributed by atoms with E-state index in [1.165, 1.54) is 51.4 Å². The Labute approximate surface area is 112 Å². The molecule has 0 aromatic rings. The molecule has 0 saturated heterocycles. The smallest absolute Gasteiger partial charge is 0.236 e. The molecule has 1 rings (SSSR count). The van der Waals surface area contributed by atoms with Crippen molar-refractivity contribution >= 4 is 5.91 Å². The first kappa shape index (κ1) is 15.5. The van der Waals surface area contributed by atoms with Crippen LogP contribution in [0.3, 0.4) is 0 Å². The maximum absolute atomic E-state index is 11.6. The Morgan fingerprint density at radius 1 is 1.17 bits per heavy atom. The highest BCUT2D eigenvalue weighted by Crippen LogP contribution is 2.46. The molecule has 0 spiro atoms. The van der Waals surface area contributed by atoms with Gasteiger partial charge in [-0.05, 0) is 43.9 Å². The molecule has 18 heavy (non-hydrogen) atoms. The molecule has 0 atom stereocenters. The number of carbonyl (C=O) groups excluding carboxylic acids is 1. The van der Waals surface area contributed by atoms with Crippen LogP contribution in [-0.2, 0) is 4.79 Å². The molecule has 1 saturated carbocycles. The van der Waals surface area contributed by atoms with Crippen molar-refractivity contribution in [2.75, 3.05) is 0 Å². The average molecular weight is 254 g/mol. The largest absolute Gasteiger partial charge is 0.294 e. The summed E-state index contributed by atoms with van der Waals surface area (Å²) in [6, 6.07) is 0. The van der Waals surface area contributed by atoms with Gasteiger partial charge in [0.1, 0.15) is 0 Å². The molecule has 1 aliphatic carbocycles. The van der Waals surface area contributed by atoms with Gasteiger partial charge in [0, 0.05) is 5.92 Å². The predicted octanol–water partition coefficient (Wildman–Crippen LogP) is 3.53. The molecule has 1 fully saturated rings. The third-order valence-corrected chi connectivity index (χ3v) is 4.65. The highest BCUT2D eigenvalue weighted by molar-refractivity contribution is 5.78. The van der Waals surface area contributed by atoms with Crippen molar-refractivity contribution in [1.29, 1.82) is 0 Å². The second-order valence-corrected chi connectivity index (χ2v) is 5.99. The third-order valence-electron chi connectivity index (χ3n) is 4.65. The predicted molar refractivity (Wildman–Crippen MR) is 75.8 cm³/mol. The van der Waals surface area contributed by atoms with Crippen molar-refractivity contribution < 1.29 is 4.79 Å². The van der Waals surface area contributed by atoms with Gasteiger partial charge < -0.3 is 0 Å². The third kappa shape index (κ3) is 4.27. The fourth-order valence-electron chi connectivity index (χ4n) is 3.52. The van der Waals surface area contributed by atoms with Crippen LogP contribution in [0.5, 0.6) is 0 Å². The van der Waals surface area contributed by atoms with E-state index in [9.17, 15) is 4.79 Å². The van der Waals surface area contributed by atoms with E-state index < -0.39 is 0 Å². The molecular weight excluding hydrogens is 224 g/mol. The van der Waals surface area contributed by atoms with Gasteiger partial charge in [-0.25, -0.2) is 5.84 Å². The molecular formula is C15H30N2O. The van der Waals surface area contributed by atoms with Gasteiger partial charge in [0.15, 0.2) is 0 Å². The van der Waals surface area contributed by atoms with Crippen LogP contribution in [-0.4, -0.2) is 5.91 Å². The minimum Gasteiger partial charge on any atom is -0.294 e. The molecule has 0 aromatic carbocycles. The van der Waals surface area contributed by atoms with E-state index in [1.807, 2.05) is 0 Å². The minimum atomic E-state index is 0.0358. The second-order valence-electron chi connectivity index (χ2n) is 5.99. The van der Waals surface area contributed by atoms with E-state index in [-0.39, 0.29) is 11.8 Å². The van der Waals surface area contributed by atoms with E-state index in [4.69, 9.17) is 5.84 Å². The van der Waals surface area contributed by atoms with Crippen molar-refractivity contribution in [2.24, 2.45) is 17.2 Å². The lowest BCUT2D eigenvalue weighted by Crippen LogP contribution is -2.39. The normalized spacial score (nSPS) is 28.1. The summed E-state index contributed by atoms with van der Waals surface area (Å²) in [6.07, 6.45) is 12.4. The number of hydrogen-bond acceptors (Lipinski definition) is 2. The number of nitrogens with two attached hydrogens (primary N) is 1. The highest BCUT2D eigenvalue weighted by atomic mass is 16.2. The van der Waals surface area contributed by atoms with E-state index in [2.05, 4.69) is 19.3 Å². The standard InChI is InChI=1S/C15H30N2O/c1-3-5-6-10-15(9-4-2)11-7-13(8-12-15)14(18)17-16/h13H,3-12,16H2,1-2H3,(H,17,18). The molecule has 0 unspecified atom stereocenters. The summed E-state index contributed by atoms with van der Waals surface area (Å²) >= 11 is 0. The molecule has 0 aliphatic heterocycles. The summed E-state index contributed by atoms with van der Waals surface area (Å²) in [4.78, 5) is 11.6. The zero-order valence-corrected chi connectivity index (χ0v) is 12.1. The summed E-state index contributed by atoms with van der Waals surface area (Å²) in [7, 11) is 0. The Morgan fingerprint density at radius 2 is 1.83 bits per heavy atom. The first-order valence-corrected chi connectivity index (χ1v) is 7.68. The lowest BCUT2D eigenvalue weighted by molar-refractivity contribution is -0.126. The monoisotopic (exact) mass is 254 g/mol. The maximum Gasteiger partial charge on any atom is 0.236 e. The highest BCUT2D eigenvalue weighted by Gasteiger charge is 2.35. The fraction of sp³-hybridized carbons (Fsp3) is 0.933. The molecule has 0 aromatic heterocycles. The van der Waals surface area contributed by atoms with Crippen LogP contribution >= 0.6 is 0 Å². The van der Waals surface area contributed by atoms with Crippen LogP contribution in [0.25, 0.3) is 0 Å². The van der Waals surface area contributed by atoms with Gasteiger partial charge in [0.05, 0.1) is 0 Å². The number of amides is 1. The van der Waals surface area contributed by atoms with E-state index in [1.54, 1.807) is 0 Å². The van der Waals surface area contributed by atoms with E-state index in [0.29, 0.717) is 5.41 Å². The lowest BCUT2D eigenvalue weighted by atomic mass is 9.65. The van der Waals surface area contributed by atoms with Gasteiger partial charge in [0.2, 0.25) is 5.91 Å². The molecule has 3 heteroatoms. The molecule has 106 valence electrons. The van der Waals surface area contributed by atoms with Crippen LogP contribution < -0.4 is 11.3 Å². The van der Waals surface area contributed by atoms with Gasteiger partial charge >= 0.3 is 0 Å². The topological polar surface area (TPSA) is 55.1 Å². The molecule has 0 heterocycles. The van der Waals surface area contributed by atoms with Crippen molar-refractivity contribution in [2.45, 2.75) is 78.1 Å². The van der Waals surface area contributed by atoms with Gasteiger partial charge in [-0.15, -0.1) is 0 Å². The molecule has 3 N–H and O–H groups in total. The molecule has 0 bridgehead atoms. The lowest BCUT2D eigenvalue weighted by Gasteiger charge is -2.40. The first-order chi connectivity index (χ1) is 8.67. The maximum atomic E-state index is 11.6. The van der Waals surface area contributed by atoms with Crippen molar-refractivity contribution in [3.8, 4) is 0 Å². The second kappa shape index (κ2) is 7.78. The van der Waals surface area contributed by atoms with Gasteiger partial charge in [-0.2, -0.15) is 0 Å². The summed E-state index contributed by atoms with van der Waals surface area (Å²) in [5.41, 5.74) is 2.83. The SMILES string of the molecule is CCCCCC1(CCC)CCC(C(=O)NN)CC1. The molecule has 3 nitrogen and oxygen atoms in total. The Kier molecular flexibility index (Phi) is 6.69. The van der Waals surface area contributed by atoms with Crippen LogP contribution in [0.15, 0.2) is 0 Å². The summed E-state index contributed by atoms with van der Waals surface area (Å²) in [5.74, 6) is 5.42. The molecule has 1 aliphatic rings. The zero-order valence-electron chi connectivity index (χ0n) is 12.1. The number of carbonyl (C=O) groups is 1. The summed E-state index contributed by atoms with van der Waals surface area (Å²) < 4.78 is 0. The van der Waals surface area contributed by atoms with Crippen LogP contribution in [0, 0.1) is 11.3 Å². The first-order valence-electron chi connectivity index (χ1n) is 7.68. The average Bonchev–Trinajstić information content (AvgIpc) is 2.39. The fourth-order valence-corrected chi connectivity index (χ4v) is 3.52. The molecule has 1 amide bonds. The van der Waals surface area contributed by atoms with E-state index in [0.717, 1.165) is 12.8 Å². The zero-order chi connectivity index (χ0) is 13.4. The number of hydrogen-bond donors (Lipinski definition) is 2. The van der Waals surface area contributed by atoms with Gasteiger partial charge in [0.25, 0.3) is 0 Å². The minimum absolute atomic E-state index is 0.0358. The Bertz CT molecular complexity index is 245. The number of hydrazine groups is 1. The van der Waals surface area contributed by atoms with Crippen LogP contribution in [0.2, 0.25) is 0 Å². The van der Waals surface area contributed by atoms with Crippen molar-refractivity contribution in [3.05, 3.63) is 0 Å². The summed E-state index contributed by atoms with van der Waals surface area (Å²) in [5, 5.41) is 0. The quantitative estimate of drug-likeness (QED) is 0.316. The van der Waals surface area contributed by atoms with Crippen LogP contribution in [0.1, 0.15) is 78.1 Å². The molecule has 0 radical (unpaired) electrons. The van der Waals surface area contributed by atoms with E-state index >= 15 is 0 Å². The van der Waals surface area contributed by atoms with Gasteiger partial charge in [-0.3, -0.25) is 10.2 Å². The Hall–Kier alpha value is -0.570. The summed E-state index contributed by atoms with van der Waals surface area (Å²) in [6.45, 7) is 4.54. The van der Waals surface area contributed by atoms with Crippen molar-refractivity contribution in [1.82, 2.24) is 5.43 Å².